The number of rotatable bonds is 7. The number of nitrogens with zero attached hydrogens (tertiary/aromatic N) is 3. The Morgan fingerprint density at radius 2 is 1.88 bits per heavy atom. The second kappa shape index (κ2) is 10.1. The molecule has 0 spiro atoms. The lowest BCUT2D eigenvalue weighted by Crippen LogP contribution is -2.38. The monoisotopic (exact) mass is 437 g/mol. The summed E-state index contributed by atoms with van der Waals surface area (Å²) < 4.78 is 6.30. The Bertz CT molecular complexity index is 1180. The van der Waals surface area contributed by atoms with Crippen LogP contribution in [0, 0.1) is 13.8 Å². The molecular formula is C21H23N7O4. The van der Waals surface area contributed by atoms with Crippen LogP contribution in [0.3, 0.4) is 0 Å². The molecule has 166 valence electrons. The molecule has 0 aliphatic rings. The van der Waals surface area contributed by atoms with Gasteiger partial charge in [-0.15, -0.1) is 0 Å². The first kappa shape index (κ1) is 22.3. The summed E-state index contributed by atoms with van der Waals surface area (Å²) in [4.78, 5) is 45.1. The summed E-state index contributed by atoms with van der Waals surface area (Å²) in [5.74, 6) is 0.203. The third-order valence-electron chi connectivity index (χ3n) is 4.49. The van der Waals surface area contributed by atoms with E-state index in [9.17, 15) is 14.4 Å². The maximum absolute atomic E-state index is 12.7. The van der Waals surface area contributed by atoms with E-state index in [-0.39, 0.29) is 24.8 Å². The fraction of sp³-hybridized carbons (Fsp3) is 0.190. The van der Waals surface area contributed by atoms with Gasteiger partial charge in [-0.3, -0.25) is 19.6 Å². The SMILES string of the molecule is Cc1nc(N)ccc1CNC(=O)Cn1c(C)cnc(NNC(=O)Oc2ccccc2)c1=O. The fourth-order valence-electron chi connectivity index (χ4n) is 2.77. The topological polar surface area (TPSA) is 153 Å². The van der Waals surface area contributed by atoms with Gasteiger partial charge in [0.05, 0.1) is 0 Å². The van der Waals surface area contributed by atoms with Gasteiger partial charge in [0, 0.05) is 24.1 Å². The maximum Gasteiger partial charge on any atom is 0.431 e. The Hall–Kier alpha value is -4.41. The molecule has 2 amide bonds. The molecule has 11 nitrogen and oxygen atoms in total. The molecule has 1 aromatic carbocycles. The number of aryl methyl sites for hydroxylation is 2. The van der Waals surface area contributed by atoms with Gasteiger partial charge in [0.15, 0.2) is 0 Å². The van der Waals surface area contributed by atoms with E-state index < -0.39 is 11.7 Å². The van der Waals surface area contributed by atoms with Crippen molar-refractivity contribution in [1.82, 2.24) is 25.3 Å². The lowest BCUT2D eigenvalue weighted by Gasteiger charge is -2.13. The van der Waals surface area contributed by atoms with Crippen molar-refractivity contribution >= 4 is 23.6 Å². The molecular weight excluding hydrogens is 414 g/mol. The molecule has 0 saturated heterocycles. The predicted molar refractivity (Wildman–Crippen MR) is 118 cm³/mol. The molecule has 0 atom stereocenters. The highest BCUT2D eigenvalue weighted by molar-refractivity contribution is 5.76. The lowest BCUT2D eigenvalue weighted by molar-refractivity contribution is -0.121. The number of amides is 2. The van der Waals surface area contributed by atoms with E-state index in [0.29, 0.717) is 23.0 Å². The van der Waals surface area contributed by atoms with Gasteiger partial charge in [-0.25, -0.2) is 20.2 Å². The highest BCUT2D eigenvalue weighted by atomic mass is 16.6. The molecule has 0 saturated carbocycles. The van der Waals surface area contributed by atoms with Crippen LogP contribution >= 0.6 is 0 Å². The van der Waals surface area contributed by atoms with Crippen molar-refractivity contribution in [3.05, 3.63) is 76.0 Å². The standard InChI is InChI=1S/C21H23N7O4/c1-13-10-24-19(26-27-21(31)32-16-6-4-3-5-7-16)20(30)28(13)12-18(29)23-11-15-8-9-17(22)25-14(15)2/h3-10H,11-12H2,1-2H3,(H2,22,25)(H,23,29)(H,24,26)(H,27,31). The first-order valence-electron chi connectivity index (χ1n) is 9.67. The molecule has 2 heterocycles. The van der Waals surface area contributed by atoms with E-state index in [2.05, 4.69) is 26.1 Å². The molecule has 0 fully saturated rings. The van der Waals surface area contributed by atoms with Crippen LogP contribution in [0.15, 0.2) is 53.5 Å². The van der Waals surface area contributed by atoms with Gasteiger partial charge in [-0.1, -0.05) is 24.3 Å². The van der Waals surface area contributed by atoms with Crippen molar-refractivity contribution in [2.45, 2.75) is 26.9 Å². The van der Waals surface area contributed by atoms with E-state index in [4.69, 9.17) is 10.5 Å². The summed E-state index contributed by atoms with van der Waals surface area (Å²) in [5.41, 5.74) is 11.7. The van der Waals surface area contributed by atoms with E-state index in [1.54, 1.807) is 56.3 Å². The summed E-state index contributed by atoms with van der Waals surface area (Å²) in [6.07, 6.45) is 0.588. The number of para-hydroxylation sites is 1. The van der Waals surface area contributed by atoms with Crippen molar-refractivity contribution in [3.63, 3.8) is 0 Å². The molecule has 32 heavy (non-hydrogen) atoms. The third-order valence-corrected chi connectivity index (χ3v) is 4.49. The van der Waals surface area contributed by atoms with Crippen LogP contribution in [0.4, 0.5) is 16.4 Å². The van der Waals surface area contributed by atoms with E-state index in [1.165, 1.54) is 10.8 Å². The Morgan fingerprint density at radius 3 is 2.59 bits per heavy atom. The van der Waals surface area contributed by atoms with Crippen molar-refractivity contribution < 1.29 is 14.3 Å². The number of ether oxygens (including phenoxy) is 1. The number of aromatic nitrogens is 3. The van der Waals surface area contributed by atoms with Gasteiger partial charge in [0.2, 0.25) is 11.7 Å². The highest BCUT2D eigenvalue weighted by Crippen LogP contribution is 2.09. The van der Waals surface area contributed by atoms with Gasteiger partial charge in [0.25, 0.3) is 5.56 Å². The molecule has 11 heteroatoms. The van der Waals surface area contributed by atoms with Crippen LogP contribution in [-0.2, 0) is 17.9 Å². The van der Waals surface area contributed by atoms with Crippen molar-refractivity contribution in [2.24, 2.45) is 0 Å². The van der Waals surface area contributed by atoms with Crippen molar-refractivity contribution in [3.8, 4) is 5.75 Å². The fourth-order valence-corrected chi connectivity index (χ4v) is 2.77. The zero-order chi connectivity index (χ0) is 23.1. The second-order valence-electron chi connectivity index (χ2n) is 6.85. The number of hydrogen-bond donors (Lipinski definition) is 4. The number of nitrogen functional groups attached to an aromatic ring is 1. The van der Waals surface area contributed by atoms with Crippen LogP contribution in [0.1, 0.15) is 17.0 Å². The Balaban J connectivity index is 1.60. The normalized spacial score (nSPS) is 10.3. The number of anilines is 2. The molecule has 3 aromatic rings. The number of pyridine rings is 1. The molecule has 0 unspecified atom stereocenters. The number of carbonyl (C=O) groups is 2. The first-order chi connectivity index (χ1) is 15.3. The first-order valence-corrected chi connectivity index (χ1v) is 9.67. The van der Waals surface area contributed by atoms with Crippen LogP contribution in [0.25, 0.3) is 0 Å². The Labute approximate surface area is 183 Å². The van der Waals surface area contributed by atoms with Gasteiger partial charge in [0.1, 0.15) is 18.1 Å². The van der Waals surface area contributed by atoms with Gasteiger partial charge in [-0.05, 0) is 37.6 Å². The number of benzene rings is 1. The molecule has 0 bridgehead atoms. The molecule has 0 aliphatic carbocycles. The molecule has 2 aromatic heterocycles. The number of hydrogen-bond acceptors (Lipinski definition) is 8. The summed E-state index contributed by atoms with van der Waals surface area (Å²) in [7, 11) is 0. The Kier molecular flexibility index (Phi) is 7.01. The van der Waals surface area contributed by atoms with Crippen LogP contribution in [0.5, 0.6) is 5.75 Å². The Morgan fingerprint density at radius 1 is 1.12 bits per heavy atom. The second-order valence-corrected chi connectivity index (χ2v) is 6.85. The minimum Gasteiger partial charge on any atom is -0.409 e. The van der Waals surface area contributed by atoms with Crippen LogP contribution in [-0.4, -0.2) is 26.5 Å². The molecule has 5 N–H and O–H groups in total. The smallest absolute Gasteiger partial charge is 0.409 e. The minimum absolute atomic E-state index is 0.160. The van der Waals surface area contributed by atoms with E-state index >= 15 is 0 Å². The minimum atomic E-state index is -0.824. The van der Waals surface area contributed by atoms with Crippen molar-refractivity contribution in [2.75, 3.05) is 11.2 Å². The number of nitrogens with one attached hydrogen (secondary N) is 3. The predicted octanol–water partition coefficient (Wildman–Crippen LogP) is 1.27. The van der Waals surface area contributed by atoms with Gasteiger partial charge >= 0.3 is 6.09 Å². The number of carbonyl (C=O) groups excluding carboxylic acids is 2. The largest absolute Gasteiger partial charge is 0.431 e. The maximum atomic E-state index is 12.7. The quantitative estimate of drug-likeness (QED) is 0.403. The molecule has 3 rings (SSSR count). The molecule has 0 radical (unpaired) electrons. The van der Waals surface area contributed by atoms with Gasteiger partial charge in [-0.2, -0.15) is 0 Å². The number of nitrogens with two attached hydrogens (primary N) is 1. The average Bonchev–Trinajstić information content (AvgIpc) is 2.76. The highest BCUT2D eigenvalue weighted by Gasteiger charge is 2.13. The summed E-state index contributed by atoms with van der Waals surface area (Å²) in [6.45, 7) is 3.46. The summed E-state index contributed by atoms with van der Waals surface area (Å²) >= 11 is 0. The third kappa shape index (κ3) is 5.81. The lowest BCUT2D eigenvalue weighted by atomic mass is 10.2. The summed E-state index contributed by atoms with van der Waals surface area (Å²) in [6, 6.07) is 11.9. The van der Waals surface area contributed by atoms with Crippen LogP contribution < -0.4 is 32.2 Å². The van der Waals surface area contributed by atoms with E-state index in [0.717, 1.165) is 5.56 Å². The zero-order valence-electron chi connectivity index (χ0n) is 17.6. The van der Waals surface area contributed by atoms with Gasteiger partial charge < -0.3 is 15.8 Å². The average molecular weight is 437 g/mol. The van der Waals surface area contributed by atoms with E-state index in [1.807, 2.05) is 0 Å². The number of hydrazine groups is 1. The summed E-state index contributed by atoms with van der Waals surface area (Å²) in [5, 5.41) is 2.75. The molecule has 0 aliphatic heterocycles. The van der Waals surface area contributed by atoms with Crippen LogP contribution in [0.2, 0.25) is 0 Å². The van der Waals surface area contributed by atoms with Crippen molar-refractivity contribution in [1.29, 1.82) is 0 Å². The zero-order valence-corrected chi connectivity index (χ0v) is 17.6.